The van der Waals surface area contributed by atoms with Gasteiger partial charge in [-0.2, -0.15) is 5.10 Å². The number of aromatic nitrogens is 5. The molecule has 5 aromatic rings. The molecule has 1 amide bonds. The summed E-state index contributed by atoms with van der Waals surface area (Å²) >= 11 is 15.1. The van der Waals surface area contributed by atoms with Crippen molar-refractivity contribution in [3.05, 3.63) is 81.4 Å². The lowest BCUT2D eigenvalue weighted by Gasteiger charge is -2.29. The number of hydrogen-bond donors (Lipinski definition) is 2. The van der Waals surface area contributed by atoms with E-state index < -0.39 is 18.1 Å². The standard InChI is InChI=1S/C32H32Cl2FN7O2S/c33-25-15-23(20-5-3-19(4-6-20)2-1-10-40-11-7-22(43)8-12-40)27(34)28-24(25)17-42(39-28)30(31(44)38-32-36-9-13-45-32)29-26-14-21(35)16-41(26)18-37-29/h3-6,9,13,15,17-18,21-22,30,43H,1-2,7-8,10-12,14,16H2,(H,36,38,44)/t21-,30?/m1/s1. The second kappa shape index (κ2) is 12.8. The van der Waals surface area contributed by atoms with Crippen molar-refractivity contribution in [2.24, 2.45) is 0 Å². The molecule has 2 aliphatic rings. The number of carbonyl (C=O) groups is 1. The number of rotatable bonds is 9. The predicted molar refractivity (Wildman–Crippen MR) is 175 cm³/mol. The fraction of sp³-hybridized carbons (Fsp3) is 0.375. The number of alkyl halides is 1. The molecule has 1 fully saturated rings. The molecule has 0 saturated carbocycles. The van der Waals surface area contributed by atoms with Gasteiger partial charge >= 0.3 is 0 Å². The van der Waals surface area contributed by atoms with Crippen molar-refractivity contribution in [3.63, 3.8) is 0 Å². The van der Waals surface area contributed by atoms with Gasteiger partial charge < -0.3 is 14.6 Å². The number of thiazole rings is 1. The number of aryl methyl sites for hydroxylation is 1. The van der Waals surface area contributed by atoms with E-state index in [0.29, 0.717) is 37.5 Å². The molecule has 3 aromatic heterocycles. The van der Waals surface area contributed by atoms with E-state index in [9.17, 15) is 14.3 Å². The number of imidazole rings is 1. The highest BCUT2D eigenvalue weighted by molar-refractivity contribution is 7.13. The van der Waals surface area contributed by atoms with Crippen LogP contribution in [0.3, 0.4) is 0 Å². The first-order valence-corrected chi connectivity index (χ1v) is 16.7. The molecule has 2 N–H and O–H groups in total. The molecule has 234 valence electrons. The smallest absolute Gasteiger partial charge is 0.257 e. The normalized spacial score (nSPS) is 18.0. The number of likely N-dealkylation sites (tertiary alicyclic amines) is 1. The number of anilines is 1. The minimum atomic E-state index is -1.04. The summed E-state index contributed by atoms with van der Waals surface area (Å²) in [6.45, 7) is 3.14. The third-order valence-corrected chi connectivity index (χ3v) is 10.1. The monoisotopic (exact) mass is 667 g/mol. The summed E-state index contributed by atoms with van der Waals surface area (Å²) in [5.41, 5.74) is 4.43. The summed E-state index contributed by atoms with van der Waals surface area (Å²) in [5.74, 6) is -0.400. The number of aliphatic hydroxyl groups excluding tert-OH is 1. The van der Waals surface area contributed by atoms with Gasteiger partial charge in [-0.05, 0) is 49.4 Å². The van der Waals surface area contributed by atoms with Crippen molar-refractivity contribution in [2.45, 2.75) is 57.0 Å². The number of aliphatic hydroxyl groups is 1. The third-order valence-electron chi connectivity index (χ3n) is 8.69. The maximum Gasteiger partial charge on any atom is 0.257 e. The van der Waals surface area contributed by atoms with Crippen molar-refractivity contribution < 1.29 is 14.3 Å². The Bertz CT molecular complexity index is 1820. The molecule has 0 radical (unpaired) electrons. The minimum Gasteiger partial charge on any atom is -0.393 e. The van der Waals surface area contributed by atoms with Gasteiger partial charge in [-0.3, -0.25) is 14.8 Å². The van der Waals surface area contributed by atoms with Crippen molar-refractivity contribution in [1.29, 1.82) is 0 Å². The second-order valence-electron chi connectivity index (χ2n) is 11.7. The van der Waals surface area contributed by atoms with Gasteiger partial charge in [0, 0.05) is 53.9 Å². The molecule has 0 aliphatic carbocycles. The van der Waals surface area contributed by atoms with Crippen LogP contribution in [0.15, 0.2) is 54.4 Å². The molecule has 13 heteroatoms. The zero-order valence-corrected chi connectivity index (χ0v) is 26.7. The fourth-order valence-corrected chi connectivity index (χ4v) is 7.40. The van der Waals surface area contributed by atoms with Crippen LogP contribution in [-0.4, -0.2) is 72.1 Å². The quantitative estimate of drug-likeness (QED) is 0.195. The molecule has 9 nitrogen and oxygen atoms in total. The molecule has 2 aliphatic heterocycles. The third kappa shape index (κ3) is 6.24. The lowest BCUT2D eigenvalue weighted by molar-refractivity contribution is -0.118. The number of nitrogens with one attached hydrogen (secondary N) is 1. The molecule has 0 bridgehead atoms. The van der Waals surface area contributed by atoms with E-state index in [4.69, 9.17) is 28.3 Å². The summed E-state index contributed by atoms with van der Waals surface area (Å²) in [6, 6.07) is 9.13. The molecule has 45 heavy (non-hydrogen) atoms. The number of carbonyl (C=O) groups excluding carboxylic acids is 1. The van der Waals surface area contributed by atoms with Crippen LogP contribution in [-0.2, 0) is 24.2 Å². The van der Waals surface area contributed by atoms with Crippen LogP contribution < -0.4 is 5.32 Å². The van der Waals surface area contributed by atoms with Crippen LogP contribution in [0.25, 0.3) is 22.0 Å². The maximum absolute atomic E-state index is 14.3. The van der Waals surface area contributed by atoms with E-state index in [1.165, 1.54) is 21.6 Å². The van der Waals surface area contributed by atoms with Gasteiger partial charge in [0.05, 0.1) is 34.7 Å². The lowest BCUT2D eigenvalue weighted by Crippen LogP contribution is -2.36. The highest BCUT2D eigenvalue weighted by atomic mass is 35.5. The largest absolute Gasteiger partial charge is 0.393 e. The molecule has 5 heterocycles. The van der Waals surface area contributed by atoms with E-state index in [2.05, 4.69) is 32.3 Å². The van der Waals surface area contributed by atoms with Crippen molar-refractivity contribution >= 4 is 56.5 Å². The average molecular weight is 669 g/mol. The summed E-state index contributed by atoms with van der Waals surface area (Å²) in [7, 11) is 0. The van der Waals surface area contributed by atoms with Crippen LogP contribution in [0, 0.1) is 0 Å². The minimum absolute atomic E-state index is 0.153. The highest BCUT2D eigenvalue weighted by Crippen LogP contribution is 2.39. The average Bonchev–Trinajstić information content (AvgIpc) is 3.83. The summed E-state index contributed by atoms with van der Waals surface area (Å²) in [5, 5.41) is 21.0. The van der Waals surface area contributed by atoms with Crippen LogP contribution in [0.1, 0.15) is 42.3 Å². The first kappa shape index (κ1) is 30.3. The van der Waals surface area contributed by atoms with Crippen molar-refractivity contribution in [2.75, 3.05) is 25.0 Å². The summed E-state index contributed by atoms with van der Waals surface area (Å²) < 4.78 is 17.6. The molecular weight excluding hydrogens is 636 g/mol. The number of piperidine rings is 1. The van der Waals surface area contributed by atoms with Gasteiger partial charge in [0.15, 0.2) is 11.2 Å². The Kier molecular flexibility index (Phi) is 8.62. The van der Waals surface area contributed by atoms with Crippen molar-refractivity contribution in [1.82, 2.24) is 29.2 Å². The molecule has 7 rings (SSSR count). The second-order valence-corrected chi connectivity index (χ2v) is 13.4. The van der Waals surface area contributed by atoms with Crippen LogP contribution in [0.2, 0.25) is 10.0 Å². The van der Waals surface area contributed by atoms with Gasteiger partial charge in [0.2, 0.25) is 0 Å². The van der Waals surface area contributed by atoms with Gasteiger partial charge in [-0.15, -0.1) is 11.3 Å². The molecule has 2 atom stereocenters. The highest BCUT2D eigenvalue weighted by Gasteiger charge is 2.34. The number of nitrogens with zero attached hydrogens (tertiary/aromatic N) is 6. The number of halogens is 3. The van der Waals surface area contributed by atoms with Crippen LogP contribution in [0.5, 0.6) is 0 Å². The maximum atomic E-state index is 14.3. The Morgan fingerprint density at radius 2 is 1.98 bits per heavy atom. The van der Waals surface area contributed by atoms with E-state index in [1.54, 1.807) is 28.7 Å². The Hall–Kier alpha value is -3.35. The topological polar surface area (TPSA) is 101 Å². The zero-order chi connectivity index (χ0) is 31.1. The first-order chi connectivity index (χ1) is 21.8. The van der Waals surface area contributed by atoms with Gasteiger partial charge in [-0.25, -0.2) is 14.4 Å². The molecule has 1 unspecified atom stereocenters. The van der Waals surface area contributed by atoms with Gasteiger partial charge in [-0.1, -0.05) is 47.5 Å². The Morgan fingerprint density at radius 1 is 1.18 bits per heavy atom. The van der Waals surface area contributed by atoms with Gasteiger partial charge in [0.25, 0.3) is 5.91 Å². The molecule has 0 spiro atoms. The molecule has 1 saturated heterocycles. The van der Waals surface area contributed by atoms with Crippen LogP contribution >= 0.6 is 34.5 Å². The van der Waals surface area contributed by atoms with E-state index in [-0.39, 0.29) is 19.1 Å². The Labute approximate surface area is 273 Å². The number of benzene rings is 2. The van der Waals surface area contributed by atoms with Gasteiger partial charge in [0.1, 0.15) is 11.7 Å². The van der Waals surface area contributed by atoms with E-state index >= 15 is 0 Å². The number of hydrogen-bond acceptors (Lipinski definition) is 7. The van der Waals surface area contributed by atoms with E-state index in [0.717, 1.165) is 56.4 Å². The SMILES string of the molecule is O=C(Nc1nccs1)C(c1ncn2c1C[C@@H](F)C2)n1cc2c(Cl)cc(-c3ccc(CCCN4CCC(O)CC4)cc3)c(Cl)c2n1. The van der Waals surface area contributed by atoms with E-state index in [1.807, 2.05) is 18.2 Å². The zero-order valence-electron chi connectivity index (χ0n) is 24.4. The fourth-order valence-electron chi connectivity index (χ4n) is 6.31. The lowest BCUT2D eigenvalue weighted by atomic mass is 10.0. The van der Waals surface area contributed by atoms with Crippen LogP contribution in [0.4, 0.5) is 9.52 Å². The van der Waals surface area contributed by atoms with Crippen molar-refractivity contribution in [3.8, 4) is 11.1 Å². The Balaban J connectivity index is 1.16. The first-order valence-electron chi connectivity index (χ1n) is 15.1. The Morgan fingerprint density at radius 3 is 2.73 bits per heavy atom. The number of amides is 1. The number of fused-ring (bicyclic) bond motifs is 2. The predicted octanol–water partition coefficient (Wildman–Crippen LogP) is 6.17. The summed E-state index contributed by atoms with van der Waals surface area (Å²) in [6.07, 6.45) is 7.56. The summed E-state index contributed by atoms with van der Waals surface area (Å²) in [4.78, 5) is 24.8. The molecule has 2 aromatic carbocycles. The molecular formula is C32H32Cl2FN7O2S.